The predicted octanol–water partition coefficient (Wildman–Crippen LogP) is 5.11. The summed E-state index contributed by atoms with van der Waals surface area (Å²) in [6, 6.07) is 14.1. The standard InChI is InChI=1S/C26H32N2O3/c1-4-19(2)20-8-11-23(12-9-20)31-24-13-16-28(26(24)29)22-10-7-21(25(17-22)30-3)18-27-14-5-6-15-27/h7-13,17,19H,4-6,14-16,18H2,1-3H3. The van der Waals surface area contributed by atoms with Crippen molar-refractivity contribution in [1.82, 2.24) is 4.90 Å². The first kappa shape index (κ1) is 21.4. The molecule has 2 heterocycles. The first-order valence-electron chi connectivity index (χ1n) is 11.3. The third-order valence-corrected chi connectivity index (χ3v) is 6.38. The largest absolute Gasteiger partial charge is 0.496 e. The molecule has 0 radical (unpaired) electrons. The Balaban J connectivity index is 1.43. The molecule has 164 valence electrons. The van der Waals surface area contributed by atoms with Gasteiger partial charge in [0, 0.05) is 30.4 Å². The molecule has 0 bridgehead atoms. The van der Waals surface area contributed by atoms with Crippen LogP contribution in [0.4, 0.5) is 5.69 Å². The molecule has 2 aromatic carbocycles. The number of nitrogens with zero attached hydrogens (tertiary/aromatic N) is 2. The second kappa shape index (κ2) is 9.56. The Bertz CT molecular complexity index is 946. The number of benzene rings is 2. The molecule has 31 heavy (non-hydrogen) atoms. The zero-order valence-electron chi connectivity index (χ0n) is 18.8. The zero-order valence-corrected chi connectivity index (χ0v) is 18.8. The molecule has 1 unspecified atom stereocenters. The van der Waals surface area contributed by atoms with Crippen LogP contribution < -0.4 is 14.4 Å². The van der Waals surface area contributed by atoms with Crippen LogP contribution in [0.15, 0.2) is 54.3 Å². The number of amides is 1. The Kier molecular flexibility index (Phi) is 6.62. The Morgan fingerprint density at radius 1 is 1.06 bits per heavy atom. The van der Waals surface area contributed by atoms with Crippen LogP contribution in [0.2, 0.25) is 0 Å². The van der Waals surface area contributed by atoms with Crippen LogP contribution in [0.1, 0.15) is 50.2 Å². The lowest BCUT2D eigenvalue weighted by molar-refractivity contribution is -0.116. The van der Waals surface area contributed by atoms with Gasteiger partial charge in [-0.15, -0.1) is 0 Å². The van der Waals surface area contributed by atoms with Crippen molar-refractivity contribution in [3.8, 4) is 11.5 Å². The van der Waals surface area contributed by atoms with E-state index in [9.17, 15) is 4.79 Å². The molecule has 0 aliphatic carbocycles. The maximum atomic E-state index is 13.0. The van der Waals surface area contributed by atoms with Crippen LogP contribution in [0.5, 0.6) is 11.5 Å². The van der Waals surface area contributed by atoms with Gasteiger partial charge in [-0.05, 0) is 68.1 Å². The fourth-order valence-corrected chi connectivity index (χ4v) is 4.23. The Hall–Kier alpha value is -2.79. The van der Waals surface area contributed by atoms with Crippen molar-refractivity contribution in [2.45, 2.75) is 45.6 Å². The van der Waals surface area contributed by atoms with Crippen molar-refractivity contribution in [2.24, 2.45) is 0 Å². The van der Waals surface area contributed by atoms with Gasteiger partial charge in [-0.1, -0.05) is 32.0 Å². The highest BCUT2D eigenvalue weighted by atomic mass is 16.5. The molecule has 0 N–H and O–H groups in total. The molecule has 0 saturated carbocycles. The van der Waals surface area contributed by atoms with E-state index in [2.05, 4.69) is 36.9 Å². The van der Waals surface area contributed by atoms with Crippen molar-refractivity contribution in [3.63, 3.8) is 0 Å². The van der Waals surface area contributed by atoms with E-state index in [-0.39, 0.29) is 5.91 Å². The van der Waals surface area contributed by atoms with Crippen molar-refractivity contribution in [3.05, 3.63) is 65.4 Å². The number of hydrogen-bond acceptors (Lipinski definition) is 4. The fraction of sp³-hybridized carbons (Fsp3) is 0.423. The molecule has 0 spiro atoms. The minimum Gasteiger partial charge on any atom is -0.496 e. The number of ether oxygens (including phenoxy) is 2. The third-order valence-electron chi connectivity index (χ3n) is 6.38. The lowest BCUT2D eigenvalue weighted by Crippen LogP contribution is -2.28. The van der Waals surface area contributed by atoms with Crippen LogP contribution in [-0.2, 0) is 11.3 Å². The molecule has 5 nitrogen and oxygen atoms in total. The molecule has 1 saturated heterocycles. The normalized spacial score (nSPS) is 17.7. The maximum absolute atomic E-state index is 13.0. The van der Waals surface area contributed by atoms with Crippen LogP contribution in [0.25, 0.3) is 0 Å². The predicted molar refractivity (Wildman–Crippen MR) is 124 cm³/mol. The molecule has 1 atom stereocenters. The van der Waals surface area contributed by atoms with Gasteiger partial charge in [0.1, 0.15) is 11.5 Å². The van der Waals surface area contributed by atoms with E-state index in [0.29, 0.717) is 24.0 Å². The lowest BCUT2D eigenvalue weighted by Gasteiger charge is -2.21. The smallest absolute Gasteiger partial charge is 0.294 e. The second-order valence-corrected chi connectivity index (χ2v) is 8.44. The Morgan fingerprint density at radius 3 is 2.48 bits per heavy atom. The number of rotatable bonds is 8. The summed E-state index contributed by atoms with van der Waals surface area (Å²) in [7, 11) is 1.69. The average Bonchev–Trinajstić information content (AvgIpc) is 3.44. The molecular weight excluding hydrogens is 388 g/mol. The minimum atomic E-state index is -0.125. The van der Waals surface area contributed by atoms with Crippen LogP contribution >= 0.6 is 0 Å². The molecule has 4 rings (SSSR count). The summed E-state index contributed by atoms with van der Waals surface area (Å²) < 4.78 is 11.5. The number of carbonyl (C=O) groups is 1. The highest BCUT2D eigenvalue weighted by Gasteiger charge is 2.28. The molecule has 1 amide bonds. The number of anilines is 1. The van der Waals surface area contributed by atoms with E-state index in [1.165, 1.54) is 18.4 Å². The Morgan fingerprint density at radius 2 is 1.81 bits per heavy atom. The van der Waals surface area contributed by atoms with E-state index >= 15 is 0 Å². The van der Waals surface area contributed by atoms with Gasteiger partial charge >= 0.3 is 0 Å². The molecule has 2 aromatic rings. The highest BCUT2D eigenvalue weighted by molar-refractivity contribution is 6.07. The van der Waals surface area contributed by atoms with E-state index in [4.69, 9.17) is 9.47 Å². The quantitative estimate of drug-likeness (QED) is 0.595. The SMILES string of the molecule is CCC(C)c1ccc(OC2=CCN(c3ccc(CN4CCCC4)c(OC)c3)C2=O)cc1. The third kappa shape index (κ3) is 4.77. The highest BCUT2D eigenvalue weighted by Crippen LogP contribution is 2.31. The van der Waals surface area contributed by atoms with E-state index < -0.39 is 0 Å². The molecule has 0 aromatic heterocycles. The van der Waals surface area contributed by atoms with Gasteiger partial charge in [-0.2, -0.15) is 0 Å². The maximum Gasteiger partial charge on any atom is 0.294 e. The number of methoxy groups -OCH3 is 1. The first-order chi connectivity index (χ1) is 15.1. The fourth-order valence-electron chi connectivity index (χ4n) is 4.23. The van der Waals surface area contributed by atoms with Gasteiger partial charge in [-0.25, -0.2) is 0 Å². The van der Waals surface area contributed by atoms with Crippen molar-refractivity contribution < 1.29 is 14.3 Å². The van der Waals surface area contributed by atoms with Crippen LogP contribution in [0, 0.1) is 0 Å². The van der Waals surface area contributed by atoms with Gasteiger partial charge < -0.3 is 14.4 Å². The summed E-state index contributed by atoms with van der Waals surface area (Å²) in [5.41, 5.74) is 3.27. The molecular formula is C26H32N2O3. The van der Waals surface area contributed by atoms with Gasteiger partial charge in [0.25, 0.3) is 5.91 Å². The number of carbonyl (C=O) groups excluding carboxylic acids is 1. The molecule has 2 aliphatic heterocycles. The zero-order chi connectivity index (χ0) is 21.8. The lowest BCUT2D eigenvalue weighted by atomic mass is 9.99. The minimum absolute atomic E-state index is 0.125. The molecule has 1 fully saturated rings. The summed E-state index contributed by atoms with van der Waals surface area (Å²) in [5.74, 6) is 2.27. The summed E-state index contributed by atoms with van der Waals surface area (Å²) >= 11 is 0. The summed E-state index contributed by atoms with van der Waals surface area (Å²) in [6.45, 7) is 8.04. The van der Waals surface area contributed by atoms with E-state index in [0.717, 1.165) is 43.1 Å². The summed E-state index contributed by atoms with van der Waals surface area (Å²) in [5, 5.41) is 0. The van der Waals surface area contributed by atoms with Crippen molar-refractivity contribution in [1.29, 1.82) is 0 Å². The van der Waals surface area contributed by atoms with Gasteiger partial charge in [0.05, 0.1) is 7.11 Å². The first-order valence-corrected chi connectivity index (χ1v) is 11.3. The van der Waals surface area contributed by atoms with Crippen LogP contribution in [0.3, 0.4) is 0 Å². The second-order valence-electron chi connectivity index (χ2n) is 8.44. The monoisotopic (exact) mass is 420 g/mol. The van der Waals surface area contributed by atoms with E-state index in [1.54, 1.807) is 12.0 Å². The molecule has 2 aliphatic rings. The topological polar surface area (TPSA) is 42.0 Å². The molecule has 5 heteroatoms. The number of hydrogen-bond donors (Lipinski definition) is 0. The van der Waals surface area contributed by atoms with Crippen molar-refractivity contribution >= 4 is 11.6 Å². The van der Waals surface area contributed by atoms with E-state index in [1.807, 2.05) is 30.3 Å². The Labute approximate surface area is 185 Å². The summed E-state index contributed by atoms with van der Waals surface area (Å²) in [4.78, 5) is 17.1. The van der Waals surface area contributed by atoms with Gasteiger partial charge in [0.2, 0.25) is 0 Å². The summed E-state index contributed by atoms with van der Waals surface area (Å²) in [6.07, 6.45) is 5.46. The number of likely N-dealkylation sites (tertiary alicyclic amines) is 1. The van der Waals surface area contributed by atoms with Gasteiger partial charge in [-0.3, -0.25) is 9.69 Å². The van der Waals surface area contributed by atoms with Crippen molar-refractivity contribution in [2.75, 3.05) is 31.6 Å². The average molecular weight is 421 g/mol. The van der Waals surface area contributed by atoms with Gasteiger partial charge in [0.15, 0.2) is 5.76 Å². The van der Waals surface area contributed by atoms with Crippen LogP contribution in [-0.4, -0.2) is 37.6 Å².